The summed E-state index contributed by atoms with van der Waals surface area (Å²) >= 11 is 0. The number of carbonyl (C=O) groups is 2. The average Bonchev–Trinajstić information content (AvgIpc) is 3.01. The van der Waals surface area contributed by atoms with Gasteiger partial charge in [0.05, 0.1) is 35.4 Å². The number of methoxy groups -OCH3 is 1. The van der Waals surface area contributed by atoms with Crippen LogP contribution in [0.5, 0.6) is 17.2 Å². The molecule has 0 aromatic heterocycles. The van der Waals surface area contributed by atoms with Gasteiger partial charge < -0.3 is 14.2 Å². The number of fused-ring (bicyclic) bond motifs is 1. The van der Waals surface area contributed by atoms with E-state index in [1.807, 2.05) is 43.7 Å². The Kier molecular flexibility index (Phi) is 7.86. The van der Waals surface area contributed by atoms with Crippen molar-refractivity contribution in [3.63, 3.8) is 0 Å². The van der Waals surface area contributed by atoms with Crippen LogP contribution in [0, 0.1) is 22.0 Å². The van der Waals surface area contributed by atoms with Gasteiger partial charge in [-0.1, -0.05) is 27.7 Å². The number of non-ortho nitro benzene ring substituents is 1. The highest BCUT2D eigenvalue weighted by Crippen LogP contribution is 2.42. The third-order valence-corrected chi connectivity index (χ3v) is 6.28. The highest BCUT2D eigenvalue weighted by atomic mass is 16.6. The molecule has 0 radical (unpaired) electrons. The summed E-state index contributed by atoms with van der Waals surface area (Å²) in [5.74, 6) is -0.821. The van der Waals surface area contributed by atoms with E-state index in [4.69, 9.17) is 14.2 Å². The molecule has 0 fully saturated rings. The van der Waals surface area contributed by atoms with Crippen LogP contribution in [0.15, 0.2) is 36.4 Å². The van der Waals surface area contributed by atoms with E-state index in [0.29, 0.717) is 11.3 Å². The molecular formula is C28H33N2O7+. The van der Waals surface area contributed by atoms with Crippen LogP contribution >= 0.6 is 0 Å². The van der Waals surface area contributed by atoms with Gasteiger partial charge in [-0.25, -0.2) is 0 Å². The largest absolute Gasteiger partial charge is 0.492 e. The summed E-state index contributed by atoms with van der Waals surface area (Å²) in [5.41, 5.74) is 2.53. The molecule has 0 atom stereocenters. The van der Waals surface area contributed by atoms with E-state index in [-0.39, 0.29) is 29.1 Å². The smallest absolute Gasteiger partial charge is 0.313 e. The number of ether oxygens (including phenoxy) is 3. The summed E-state index contributed by atoms with van der Waals surface area (Å²) < 4.78 is 18.4. The van der Waals surface area contributed by atoms with Crippen molar-refractivity contribution in [1.29, 1.82) is 0 Å². The number of nitro benzene ring substituents is 1. The van der Waals surface area contributed by atoms with E-state index >= 15 is 0 Å². The van der Waals surface area contributed by atoms with E-state index in [2.05, 4.69) is 0 Å². The molecule has 0 bridgehead atoms. The molecule has 1 heterocycles. The van der Waals surface area contributed by atoms with Crippen molar-refractivity contribution < 1.29 is 33.3 Å². The highest BCUT2D eigenvalue weighted by molar-refractivity contribution is 6.05. The first kappa shape index (κ1) is 27.6. The Bertz CT molecular complexity index is 1320. The average molecular weight is 510 g/mol. The van der Waals surface area contributed by atoms with Crippen molar-refractivity contribution in [1.82, 2.24) is 0 Å². The fraction of sp³-hybridized carbons (Fsp3) is 0.393. The Morgan fingerprint density at radius 1 is 1.00 bits per heavy atom. The van der Waals surface area contributed by atoms with Crippen LogP contribution in [0.25, 0.3) is 6.08 Å². The number of nitrogens with zero attached hydrogens (tertiary/aromatic N) is 2. The number of carbonyl (C=O) groups excluding carboxylic acids is 2. The van der Waals surface area contributed by atoms with E-state index in [0.717, 1.165) is 17.0 Å². The van der Waals surface area contributed by atoms with Gasteiger partial charge in [0.1, 0.15) is 12.8 Å². The van der Waals surface area contributed by atoms with Crippen molar-refractivity contribution in [3.8, 4) is 17.2 Å². The summed E-state index contributed by atoms with van der Waals surface area (Å²) in [4.78, 5) is 35.4. The molecule has 3 rings (SSSR count). The maximum atomic E-state index is 12.2. The fourth-order valence-electron chi connectivity index (χ4n) is 4.14. The Morgan fingerprint density at radius 2 is 1.62 bits per heavy atom. The molecule has 196 valence electrons. The quantitative estimate of drug-likeness (QED) is 0.153. The second-order valence-corrected chi connectivity index (χ2v) is 10.1. The lowest BCUT2D eigenvalue weighted by atomic mass is 9.81. The molecule has 0 aliphatic carbocycles. The van der Waals surface area contributed by atoms with Gasteiger partial charge in [0.25, 0.3) is 5.69 Å². The van der Waals surface area contributed by atoms with Crippen LogP contribution in [0.3, 0.4) is 0 Å². The predicted molar refractivity (Wildman–Crippen MR) is 140 cm³/mol. The minimum atomic E-state index is -0.544. The Morgan fingerprint density at radius 3 is 2.19 bits per heavy atom. The first-order chi connectivity index (χ1) is 17.3. The molecule has 0 unspecified atom stereocenters. The molecule has 0 saturated heterocycles. The maximum Gasteiger partial charge on any atom is 0.313 e. The molecular weight excluding hydrogens is 476 g/mol. The van der Waals surface area contributed by atoms with E-state index < -0.39 is 22.2 Å². The number of hydrogen-bond donors (Lipinski definition) is 0. The van der Waals surface area contributed by atoms with Crippen LogP contribution in [0.4, 0.5) is 11.4 Å². The van der Waals surface area contributed by atoms with Crippen molar-refractivity contribution in [2.75, 3.05) is 14.2 Å². The minimum absolute atomic E-state index is 0.0148. The first-order valence-electron chi connectivity index (χ1n) is 12.0. The van der Waals surface area contributed by atoms with E-state index in [1.165, 1.54) is 19.2 Å². The number of hydrogen-bond acceptors (Lipinski definition) is 7. The van der Waals surface area contributed by atoms with Gasteiger partial charge >= 0.3 is 11.9 Å². The lowest BCUT2D eigenvalue weighted by Gasteiger charge is -2.17. The van der Waals surface area contributed by atoms with E-state index in [1.54, 1.807) is 39.8 Å². The zero-order chi connectivity index (χ0) is 27.7. The molecule has 9 heteroatoms. The van der Waals surface area contributed by atoms with Gasteiger partial charge in [-0.15, -0.1) is 0 Å². The Hall–Kier alpha value is -4.01. The lowest BCUT2D eigenvalue weighted by Crippen LogP contribution is -2.26. The first-order valence-corrected chi connectivity index (χ1v) is 12.0. The summed E-state index contributed by atoms with van der Waals surface area (Å²) in [6.45, 7) is 11.0. The van der Waals surface area contributed by atoms with Crippen LogP contribution < -0.4 is 14.2 Å². The standard InChI is InChI=1S/C28H33N2O7/c1-16(2)26(31)36-20-10-11-22-21(15-20)28(5,6)24(29(22)7)12-9-18-13-19(30(33)34)14-23(25(18)35-8)37-27(32)17(3)4/h9-17H,1-8H3/q+1/b12-9+. The summed E-state index contributed by atoms with van der Waals surface area (Å²) in [6, 6.07) is 8.09. The van der Waals surface area contributed by atoms with Crippen LogP contribution in [-0.4, -0.2) is 41.3 Å². The van der Waals surface area contributed by atoms with Gasteiger partial charge in [0.15, 0.2) is 17.2 Å². The topological polar surface area (TPSA) is 108 Å². The zero-order valence-corrected chi connectivity index (χ0v) is 22.4. The molecule has 0 saturated carbocycles. The SMILES string of the molecule is COc1c(/C=C/C2=[N+](C)c3ccc(OC(=O)C(C)C)cc3C2(C)C)cc([N+](=O)[O-])cc1OC(=O)C(C)C. The molecule has 2 aromatic rings. The Balaban J connectivity index is 2.04. The molecule has 1 aliphatic heterocycles. The molecule has 37 heavy (non-hydrogen) atoms. The second kappa shape index (κ2) is 10.5. The second-order valence-electron chi connectivity index (χ2n) is 10.1. The summed E-state index contributed by atoms with van der Waals surface area (Å²) in [6.07, 6.45) is 3.56. The zero-order valence-electron chi connectivity index (χ0n) is 22.4. The molecule has 0 spiro atoms. The van der Waals surface area contributed by atoms with Gasteiger partial charge in [-0.2, -0.15) is 4.58 Å². The monoisotopic (exact) mass is 509 g/mol. The lowest BCUT2D eigenvalue weighted by molar-refractivity contribution is -0.401. The number of allylic oxidation sites excluding steroid dienone is 1. The van der Waals surface area contributed by atoms with Crippen molar-refractivity contribution in [2.45, 2.75) is 47.0 Å². The molecule has 2 aromatic carbocycles. The van der Waals surface area contributed by atoms with Crippen molar-refractivity contribution in [3.05, 3.63) is 57.6 Å². The number of esters is 2. The van der Waals surface area contributed by atoms with Gasteiger partial charge in [0, 0.05) is 29.3 Å². The van der Waals surface area contributed by atoms with Crippen molar-refractivity contribution in [2.24, 2.45) is 11.8 Å². The third kappa shape index (κ3) is 5.55. The predicted octanol–water partition coefficient (Wildman–Crippen LogP) is 5.45. The number of rotatable bonds is 8. The normalized spacial score (nSPS) is 14.3. The minimum Gasteiger partial charge on any atom is -0.492 e. The molecule has 0 N–H and O–H groups in total. The van der Waals surface area contributed by atoms with Crippen LogP contribution in [0.1, 0.15) is 52.7 Å². The van der Waals surface area contributed by atoms with E-state index in [9.17, 15) is 19.7 Å². The fourth-order valence-corrected chi connectivity index (χ4v) is 4.14. The molecule has 9 nitrogen and oxygen atoms in total. The summed E-state index contributed by atoms with van der Waals surface area (Å²) in [7, 11) is 3.34. The third-order valence-electron chi connectivity index (χ3n) is 6.28. The van der Waals surface area contributed by atoms with Gasteiger partial charge in [0.2, 0.25) is 5.69 Å². The Labute approximate surface area is 216 Å². The molecule has 1 aliphatic rings. The highest BCUT2D eigenvalue weighted by Gasteiger charge is 2.43. The van der Waals surface area contributed by atoms with Crippen LogP contribution in [0.2, 0.25) is 0 Å². The van der Waals surface area contributed by atoms with Gasteiger partial charge in [-0.05, 0) is 32.1 Å². The summed E-state index contributed by atoms with van der Waals surface area (Å²) in [5, 5.41) is 11.6. The van der Waals surface area contributed by atoms with Crippen molar-refractivity contribution >= 4 is 35.1 Å². The van der Waals surface area contributed by atoms with Gasteiger partial charge in [-0.3, -0.25) is 19.7 Å². The van der Waals surface area contributed by atoms with Crippen LogP contribution in [-0.2, 0) is 15.0 Å². The molecule has 0 amide bonds. The number of nitro groups is 1. The number of benzene rings is 2. The maximum absolute atomic E-state index is 12.2.